The standard InChI is InChI=1S/C12H13N3O2.ClH/c1-2-4-11(5-3-1)12(16-6-7-17-12)8-15-10-13-9-14-15;/h1-5,9-10H,6-8H2;1H. The summed E-state index contributed by atoms with van der Waals surface area (Å²) in [5, 5.41) is 4.10. The second kappa shape index (κ2) is 5.48. The van der Waals surface area contributed by atoms with Crippen LogP contribution in [0.25, 0.3) is 0 Å². The highest BCUT2D eigenvalue weighted by Gasteiger charge is 2.39. The van der Waals surface area contributed by atoms with Gasteiger partial charge in [0.05, 0.1) is 13.2 Å². The van der Waals surface area contributed by atoms with E-state index in [1.54, 1.807) is 11.0 Å². The van der Waals surface area contributed by atoms with Crippen molar-refractivity contribution in [2.45, 2.75) is 12.3 Å². The van der Waals surface area contributed by atoms with E-state index in [9.17, 15) is 0 Å². The predicted molar refractivity (Wildman–Crippen MR) is 67.3 cm³/mol. The first-order chi connectivity index (χ1) is 8.39. The van der Waals surface area contributed by atoms with E-state index < -0.39 is 5.79 Å². The Hall–Kier alpha value is -1.43. The van der Waals surface area contributed by atoms with Crippen molar-refractivity contribution >= 4 is 12.4 Å². The van der Waals surface area contributed by atoms with Gasteiger partial charge in [-0.15, -0.1) is 12.4 Å². The summed E-state index contributed by atoms with van der Waals surface area (Å²) in [4.78, 5) is 3.93. The minimum atomic E-state index is -0.727. The average Bonchev–Trinajstić information content (AvgIpc) is 3.03. The van der Waals surface area contributed by atoms with Crippen LogP contribution in [0.5, 0.6) is 0 Å². The summed E-state index contributed by atoms with van der Waals surface area (Å²) in [6.45, 7) is 1.71. The van der Waals surface area contributed by atoms with Crippen LogP contribution in [0.15, 0.2) is 43.0 Å². The summed E-state index contributed by atoms with van der Waals surface area (Å²) >= 11 is 0. The fourth-order valence-electron chi connectivity index (χ4n) is 2.02. The molecule has 96 valence electrons. The number of rotatable bonds is 3. The molecule has 2 aromatic rings. The lowest BCUT2D eigenvalue weighted by atomic mass is 10.1. The first-order valence-electron chi connectivity index (χ1n) is 5.55. The van der Waals surface area contributed by atoms with Crippen molar-refractivity contribution in [1.29, 1.82) is 0 Å². The van der Waals surface area contributed by atoms with E-state index in [0.717, 1.165) is 5.56 Å². The molecule has 1 aromatic heterocycles. The number of aromatic nitrogens is 3. The van der Waals surface area contributed by atoms with Crippen molar-refractivity contribution in [1.82, 2.24) is 14.8 Å². The maximum absolute atomic E-state index is 5.79. The number of halogens is 1. The lowest BCUT2D eigenvalue weighted by Gasteiger charge is -2.27. The Morgan fingerprint density at radius 1 is 1.17 bits per heavy atom. The van der Waals surface area contributed by atoms with Crippen LogP contribution in [-0.2, 0) is 21.8 Å². The highest BCUT2D eigenvalue weighted by atomic mass is 35.5. The van der Waals surface area contributed by atoms with Gasteiger partial charge < -0.3 is 9.47 Å². The Morgan fingerprint density at radius 3 is 2.50 bits per heavy atom. The number of ether oxygens (including phenoxy) is 2. The van der Waals surface area contributed by atoms with Gasteiger partial charge in [-0.05, 0) is 0 Å². The molecule has 3 rings (SSSR count). The minimum absolute atomic E-state index is 0. The van der Waals surface area contributed by atoms with Crippen molar-refractivity contribution in [2.75, 3.05) is 13.2 Å². The molecule has 1 aliphatic rings. The van der Waals surface area contributed by atoms with E-state index in [4.69, 9.17) is 9.47 Å². The van der Waals surface area contributed by atoms with E-state index in [1.165, 1.54) is 6.33 Å². The second-order valence-corrected chi connectivity index (χ2v) is 3.91. The average molecular weight is 268 g/mol. The zero-order valence-electron chi connectivity index (χ0n) is 9.73. The van der Waals surface area contributed by atoms with Crippen LogP contribution in [0.2, 0.25) is 0 Å². The van der Waals surface area contributed by atoms with Crippen LogP contribution in [0.3, 0.4) is 0 Å². The molecule has 18 heavy (non-hydrogen) atoms. The molecule has 1 saturated heterocycles. The SMILES string of the molecule is Cl.c1ccc(C2(Cn3cncn3)OCCO2)cc1. The summed E-state index contributed by atoms with van der Waals surface area (Å²) in [5.41, 5.74) is 1.01. The number of nitrogens with zero attached hydrogens (tertiary/aromatic N) is 3. The van der Waals surface area contributed by atoms with Crippen LogP contribution in [0.4, 0.5) is 0 Å². The van der Waals surface area contributed by atoms with Crippen molar-refractivity contribution in [3.63, 3.8) is 0 Å². The molecule has 2 heterocycles. The zero-order chi connectivity index (χ0) is 11.6. The van der Waals surface area contributed by atoms with Gasteiger partial charge in [0, 0.05) is 5.56 Å². The third-order valence-electron chi connectivity index (χ3n) is 2.80. The van der Waals surface area contributed by atoms with Crippen LogP contribution in [0, 0.1) is 0 Å². The first kappa shape index (κ1) is 13.0. The minimum Gasteiger partial charge on any atom is -0.342 e. The summed E-state index contributed by atoms with van der Waals surface area (Å²) in [6.07, 6.45) is 3.17. The molecule has 1 aromatic carbocycles. The second-order valence-electron chi connectivity index (χ2n) is 3.91. The van der Waals surface area contributed by atoms with Crippen LogP contribution in [-0.4, -0.2) is 28.0 Å². The molecule has 1 aliphatic heterocycles. The third-order valence-corrected chi connectivity index (χ3v) is 2.80. The van der Waals surface area contributed by atoms with E-state index in [-0.39, 0.29) is 12.4 Å². The molecule has 6 heteroatoms. The molecule has 0 aliphatic carbocycles. The molecule has 0 N–H and O–H groups in total. The smallest absolute Gasteiger partial charge is 0.215 e. The van der Waals surface area contributed by atoms with Gasteiger partial charge in [0.1, 0.15) is 19.2 Å². The number of hydrogen-bond acceptors (Lipinski definition) is 4. The van der Waals surface area contributed by atoms with E-state index in [1.807, 2.05) is 30.3 Å². The first-order valence-corrected chi connectivity index (χ1v) is 5.55. The fraction of sp³-hybridized carbons (Fsp3) is 0.333. The lowest BCUT2D eigenvalue weighted by Crippen LogP contribution is -2.33. The van der Waals surface area contributed by atoms with Gasteiger partial charge >= 0.3 is 0 Å². The lowest BCUT2D eigenvalue weighted by molar-refractivity contribution is -0.177. The molecule has 1 fully saturated rings. The Morgan fingerprint density at radius 2 is 1.89 bits per heavy atom. The molecule has 5 nitrogen and oxygen atoms in total. The van der Waals surface area contributed by atoms with Crippen molar-refractivity contribution < 1.29 is 9.47 Å². The Labute approximate surface area is 111 Å². The van der Waals surface area contributed by atoms with E-state index in [2.05, 4.69) is 10.1 Å². The number of hydrogen-bond donors (Lipinski definition) is 0. The molecule has 0 amide bonds. The van der Waals surface area contributed by atoms with Gasteiger partial charge in [-0.2, -0.15) is 5.10 Å². The van der Waals surface area contributed by atoms with Crippen LogP contribution < -0.4 is 0 Å². The molecule has 0 saturated carbocycles. The third kappa shape index (κ3) is 2.38. The topological polar surface area (TPSA) is 49.2 Å². The van der Waals surface area contributed by atoms with E-state index >= 15 is 0 Å². The molecule has 0 atom stereocenters. The van der Waals surface area contributed by atoms with E-state index in [0.29, 0.717) is 19.8 Å². The number of benzene rings is 1. The predicted octanol–water partition coefficient (Wildman–Crippen LogP) is 1.60. The molecular formula is C12H14ClN3O2. The maximum Gasteiger partial charge on any atom is 0.215 e. The summed E-state index contributed by atoms with van der Waals surface area (Å²) in [6, 6.07) is 9.93. The Balaban J connectivity index is 0.00000120. The highest BCUT2D eigenvalue weighted by Crippen LogP contribution is 2.32. The summed E-state index contributed by atoms with van der Waals surface area (Å²) in [5.74, 6) is -0.727. The van der Waals surface area contributed by atoms with Gasteiger partial charge in [0.2, 0.25) is 5.79 Å². The van der Waals surface area contributed by atoms with Gasteiger partial charge in [0.15, 0.2) is 0 Å². The molecule has 0 unspecified atom stereocenters. The summed E-state index contributed by atoms with van der Waals surface area (Å²) in [7, 11) is 0. The zero-order valence-corrected chi connectivity index (χ0v) is 10.5. The fourth-order valence-corrected chi connectivity index (χ4v) is 2.02. The van der Waals surface area contributed by atoms with Gasteiger partial charge in [-0.25, -0.2) is 9.67 Å². The van der Waals surface area contributed by atoms with Crippen molar-refractivity contribution in [3.05, 3.63) is 48.5 Å². The molecule has 0 bridgehead atoms. The molecular weight excluding hydrogens is 254 g/mol. The van der Waals surface area contributed by atoms with Crippen molar-refractivity contribution in [2.24, 2.45) is 0 Å². The van der Waals surface area contributed by atoms with Gasteiger partial charge in [0.25, 0.3) is 0 Å². The molecule has 0 radical (unpaired) electrons. The Bertz CT molecular complexity index is 469. The quantitative estimate of drug-likeness (QED) is 0.848. The summed E-state index contributed by atoms with van der Waals surface area (Å²) < 4.78 is 13.3. The largest absolute Gasteiger partial charge is 0.342 e. The highest BCUT2D eigenvalue weighted by molar-refractivity contribution is 5.85. The van der Waals surface area contributed by atoms with Crippen LogP contribution >= 0.6 is 12.4 Å². The van der Waals surface area contributed by atoms with Crippen LogP contribution in [0.1, 0.15) is 5.56 Å². The maximum atomic E-state index is 5.79. The van der Waals surface area contributed by atoms with Gasteiger partial charge in [-0.1, -0.05) is 30.3 Å². The monoisotopic (exact) mass is 267 g/mol. The van der Waals surface area contributed by atoms with Gasteiger partial charge in [-0.3, -0.25) is 0 Å². The van der Waals surface area contributed by atoms with Crippen molar-refractivity contribution in [3.8, 4) is 0 Å². The molecule has 0 spiro atoms. The normalized spacial score (nSPS) is 17.3. The Kier molecular flexibility index (Phi) is 3.96.